The molecule has 17 nitrogen and oxygen atoms in total. The normalized spacial score (nSPS) is 16.8. The first kappa shape index (κ1) is 111. The molecule has 0 radical (unpaired) electrons. The minimum Gasteiger partial charge on any atom is -1.00 e. The van der Waals surface area contributed by atoms with Crippen LogP contribution in [0.4, 0.5) is 26.3 Å². The van der Waals surface area contributed by atoms with E-state index >= 15 is 0 Å². The molecule has 0 atom stereocenters. The summed E-state index contributed by atoms with van der Waals surface area (Å²) < 4.78 is 173. The van der Waals surface area contributed by atoms with Crippen LogP contribution in [0.15, 0.2) is 0 Å². The van der Waals surface area contributed by atoms with Crippen molar-refractivity contribution in [3.05, 3.63) is 4.13 Å². The van der Waals surface area contributed by atoms with Crippen molar-refractivity contribution in [3.63, 3.8) is 0 Å². The van der Waals surface area contributed by atoms with Gasteiger partial charge in [0.25, 0.3) is 0 Å². The van der Waals surface area contributed by atoms with Gasteiger partial charge in [-0.05, 0) is 0 Å². The molecule has 0 aromatic rings. The first-order chi connectivity index (χ1) is 24.2. The van der Waals surface area contributed by atoms with Crippen molar-refractivity contribution in [3.8, 4) is 0 Å². The Balaban J connectivity index is -0.0000000402. The van der Waals surface area contributed by atoms with Crippen molar-refractivity contribution in [1.29, 1.82) is 0 Å². The number of hydrogen-bond donors (Lipinski definition) is 0. The first-order valence-electron chi connectivity index (χ1n) is 15.5. The molecule has 0 bridgehead atoms. The monoisotopic (exact) mass is 1840 g/mol. The summed E-state index contributed by atoms with van der Waals surface area (Å²) in [6, 6.07) is 0. The van der Waals surface area contributed by atoms with Gasteiger partial charge in [-0.2, -0.15) is 26.3 Å². The van der Waals surface area contributed by atoms with Crippen LogP contribution in [0.3, 0.4) is 0 Å². The Morgan fingerprint density at radius 1 is 0.246 bits per heavy atom. The van der Waals surface area contributed by atoms with Gasteiger partial charge in [0.2, 0.25) is 0 Å². The molecule has 65 heavy (non-hydrogen) atoms. The largest absolute Gasteiger partial charge is 2.00 e. The minimum atomic E-state index is -6.72. The Bertz CT molecular complexity index is 844. The van der Waals surface area contributed by atoms with E-state index in [1.807, 2.05) is 0 Å². The van der Waals surface area contributed by atoms with E-state index in [-0.39, 0.29) is 250 Å². The molecular weight excluding hydrogens is 1810 g/mol. The summed E-state index contributed by atoms with van der Waals surface area (Å²) in [5, 5.41) is 0. The maximum absolute atomic E-state index is 11.4. The van der Waals surface area contributed by atoms with Gasteiger partial charge in [0.15, 0.2) is 20.0 Å². The van der Waals surface area contributed by atoms with E-state index in [1.54, 1.807) is 0 Å². The molecule has 0 unspecified atom stereocenters. The molecule has 0 aliphatic carbocycles. The van der Waals surface area contributed by atoms with E-state index in [1.165, 1.54) is 0 Å². The first-order valence-corrected chi connectivity index (χ1v) is 18.4. The molecule has 0 N–H and O–H groups in total. The SMILES string of the molecule is C1COCCOCCOCCOCCOCCO1.C1COCCOCCOCCOCCOCCO1.O=S(=O)([N-]S(=O)(=O)C(F)(F)F)C(F)(F)F.[Br-].[Br-].[Br-].[Br-].[Br-].[Br-].[Br-].[Br-].[Br-].[Zn+2].[Zn+2].[Zn+2].[Zn+2].[Zn+2]. The fraction of sp³-hybridized carbons (Fsp3) is 1.00. The number of sulfonamides is 2. The number of ether oxygens (including phenoxy) is 12. The second-order valence-electron chi connectivity index (χ2n) is 9.26. The molecule has 2 fully saturated rings. The van der Waals surface area contributed by atoms with Crippen molar-refractivity contribution < 1.29 is 350 Å². The van der Waals surface area contributed by atoms with Crippen LogP contribution in [0, 0.1) is 0 Å². The Morgan fingerprint density at radius 3 is 0.385 bits per heavy atom. The van der Waals surface area contributed by atoms with Gasteiger partial charge >= 0.3 is 108 Å². The zero-order chi connectivity index (χ0) is 38.2. The summed E-state index contributed by atoms with van der Waals surface area (Å²) in [5.74, 6) is 0. The zero-order valence-electron chi connectivity index (χ0n) is 35.0. The van der Waals surface area contributed by atoms with Gasteiger partial charge in [-0.1, -0.05) is 0 Å². The molecule has 0 saturated carbocycles. The van der Waals surface area contributed by atoms with E-state index in [9.17, 15) is 43.2 Å². The molecular formula is C26H48Br9F6NO16S2Zn5. The predicted molar refractivity (Wildman–Crippen MR) is 163 cm³/mol. The summed E-state index contributed by atoms with van der Waals surface area (Å²) in [6.07, 6.45) is 0. The summed E-state index contributed by atoms with van der Waals surface area (Å²) in [7, 11) is -13.4. The Labute approximate surface area is 536 Å². The molecule has 2 aliphatic rings. The predicted octanol–water partition coefficient (Wildman–Crippen LogP) is -25.7. The van der Waals surface area contributed by atoms with E-state index in [0.717, 1.165) is 4.13 Å². The van der Waals surface area contributed by atoms with Crippen LogP contribution in [0.25, 0.3) is 4.13 Å². The molecule has 380 valence electrons. The Morgan fingerprint density at radius 2 is 0.323 bits per heavy atom. The minimum absolute atomic E-state index is 0. The summed E-state index contributed by atoms with van der Waals surface area (Å²) in [5.41, 5.74) is -12.4. The maximum atomic E-state index is 11.4. The van der Waals surface area contributed by atoms with Crippen LogP contribution in [-0.2, 0) is 174 Å². The van der Waals surface area contributed by atoms with Crippen molar-refractivity contribution in [2.75, 3.05) is 159 Å². The molecule has 2 rings (SSSR count). The van der Waals surface area contributed by atoms with Crippen LogP contribution in [0.5, 0.6) is 0 Å². The van der Waals surface area contributed by atoms with Gasteiger partial charge in [-0.15, -0.1) is 0 Å². The summed E-state index contributed by atoms with van der Waals surface area (Å²) >= 11 is 0. The van der Waals surface area contributed by atoms with Gasteiger partial charge in [0.05, 0.1) is 159 Å². The number of nitrogens with zero attached hydrogens (tertiary/aromatic N) is 1. The molecule has 0 amide bonds. The van der Waals surface area contributed by atoms with E-state index in [2.05, 4.69) is 0 Å². The molecule has 0 spiro atoms. The third-order valence-corrected chi connectivity index (χ3v) is 7.99. The molecule has 2 heterocycles. The number of rotatable bonds is 2. The van der Waals surface area contributed by atoms with Crippen molar-refractivity contribution in [1.82, 2.24) is 0 Å². The van der Waals surface area contributed by atoms with Crippen LogP contribution in [0.2, 0.25) is 0 Å². The number of alkyl halides is 6. The average molecular weight is 1850 g/mol. The summed E-state index contributed by atoms with van der Waals surface area (Å²) in [6.45, 7) is 14.1. The second kappa shape index (κ2) is 74.6. The second-order valence-corrected chi connectivity index (χ2v) is 12.7. The summed E-state index contributed by atoms with van der Waals surface area (Å²) in [4.78, 5) is 0. The fourth-order valence-electron chi connectivity index (χ4n) is 2.85. The topological polar surface area (TPSA) is 193 Å². The zero-order valence-corrected chi connectivity index (χ0v) is 65.7. The molecule has 0 aromatic heterocycles. The van der Waals surface area contributed by atoms with Gasteiger partial charge in [-0.25, -0.2) is 16.8 Å². The van der Waals surface area contributed by atoms with Crippen molar-refractivity contribution in [2.45, 2.75) is 11.0 Å². The van der Waals surface area contributed by atoms with Crippen LogP contribution in [0.1, 0.15) is 0 Å². The third kappa shape index (κ3) is 74.7. The number of halogens is 15. The maximum Gasteiger partial charge on any atom is 2.00 e. The van der Waals surface area contributed by atoms with Gasteiger partial charge in [0.1, 0.15) is 0 Å². The van der Waals surface area contributed by atoms with Gasteiger partial charge in [0, 0.05) is 0 Å². The van der Waals surface area contributed by atoms with E-state index in [4.69, 9.17) is 56.8 Å². The van der Waals surface area contributed by atoms with Crippen molar-refractivity contribution >= 4 is 20.0 Å². The molecule has 2 aliphatic heterocycles. The van der Waals surface area contributed by atoms with Gasteiger partial charge < -0.3 is 214 Å². The molecule has 0 aromatic carbocycles. The Kier molecular flexibility index (Phi) is 128. The fourth-order valence-corrected chi connectivity index (χ4v) is 4.56. The Hall–Kier alpha value is 6.40. The van der Waals surface area contributed by atoms with E-state index in [0.29, 0.717) is 159 Å². The van der Waals surface area contributed by atoms with Crippen LogP contribution < -0.4 is 153 Å². The van der Waals surface area contributed by atoms with Crippen molar-refractivity contribution in [2.24, 2.45) is 0 Å². The quantitative estimate of drug-likeness (QED) is 0.187. The molecule has 39 heteroatoms. The standard InChI is InChI=1S/2C12H24O6.C2F6NO4S2.9BrH.5Zn/c2*1-2-14-5-6-16-9-10-18-12-11-17-8-7-15-4-3-13-1;3-1(4,5)14(10,11)9-15(12,13)2(6,7)8;;;;;;;;;;;;;;/h2*1-12H2;;9*1H;;;;;/q;;-1;;;;;;;;;;5*+2/p-9. The van der Waals surface area contributed by atoms with Crippen LogP contribution >= 0.6 is 0 Å². The molecule has 2 saturated heterocycles. The van der Waals surface area contributed by atoms with E-state index < -0.39 is 31.1 Å². The average Bonchev–Trinajstić information content (AvgIpc) is 3.04. The smallest absolute Gasteiger partial charge is 1.00 e. The van der Waals surface area contributed by atoms with Gasteiger partial charge in [-0.3, -0.25) is 0 Å². The number of hydrogen-bond acceptors (Lipinski definition) is 16. The third-order valence-electron chi connectivity index (χ3n) is 5.25. The van der Waals surface area contributed by atoms with Crippen LogP contribution in [-0.4, -0.2) is 186 Å².